The highest BCUT2D eigenvalue weighted by Crippen LogP contribution is 2.19. The molecule has 0 aliphatic rings. The summed E-state index contributed by atoms with van der Waals surface area (Å²) in [4.78, 5) is 22.0. The normalized spacial score (nSPS) is 12.2. The lowest BCUT2D eigenvalue weighted by Gasteiger charge is -2.04. The molecule has 0 spiro atoms. The number of carbonyl (C=O) groups excluding carboxylic acids is 1. The summed E-state index contributed by atoms with van der Waals surface area (Å²) in [5.41, 5.74) is 0. The zero-order chi connectivity index (χ0) is 23.5. The quantitative estimate of drug-likeness (QED) is 0.103. The Morgan fingerprint density at radius 1 is 0.719 bits per heavy atom. The molecular formula is C25H40N2O3S2. The smallest absolute Gasteiger partial charge is 0.404 e. The minimum Gasteiger partial charge on any atom is -0.465 e. The molecule has 0 aromatic rings. The average Bonchev–Trinajstić information content (AvgIpc) is 2.77. The number of rotatable bonds is 20. The number of nitrogens with one attached hydrogen (secondary N) is 2. The molecule has 5 nitrogen and oxygen atoms in total. The van der Waals surface area contributed by atoms with E-state index in [0.29, 0.717) is 19.5 Å². The second-order valence-electron chi connectivity index (χ2n) is 6.83. The molecule has 0 radical (unpaired) electrons. The van der Waals surface area contributed by atoms with Gasteiger partial charge in [0.2, 0.25) is 5.91 Å². The summed E-state index contributed by atoms with van der Waals surface area (Å²) < 4.78 is 0. The van der Waals surface area contributed by atoms with E-state index in [-0.39, 0.29) is 5.91 Å². The first-order chi connectivity index (χ1) is 15.7. The molecule has 7 heteroatoms. The molecule has 0 aromatic heterocycles. The lowest BCUT2D eigenvalue weighted by Crippen LogP contribution is -2.25. The van der Waals surface area contributed by atoms with Crippen LogP contribution in [0.15, 0.2) is 60.8 Å². The van der Waals surface area contributed by atoms with Gasteiger partial charge in [0.1, 0.15) is 0 Å². The molecule has 0 bridgehead atoms. The zero-order valence-electron chi connectivity index (χ0n) is 19.3. The third-order valence-corrected chi connectivity index (χ3v) is 6.39. The monoisotopic (exact) mass is 480 g/mol. The minimum atomic E-state index is -0.993. The minimum absolute atomic E-state index is 0.0931. The predicted octanol–water partition coefficient (Wildman–Crippen LogP) is 6.67. The van der Waals surface area contributed by atoms with Gasteiger partial charge in [0.25, 0.3) is 0 Å². The summed E-state index contributed by atoms with van der Waals surface area (Å²) >= 11 is 0. The van der Waals surface area contributed by atoms with E-state index in [4.69, 9.17) is 5.11 Å². The van der Waals surface area contributed by atoms with Crippen molar-refractivity contribution in [3.05, 3.63) is 60.8 Å². The van der Waals surface area contributed by atoms with Gasteiger partial charge in [0, 0.05) is 31.0 Å². The Bertz CT molecular complexity index is 614. The molecule has 0 atom stereocenters. The van der Waals surface area contributed by atoms with Gasteiger partial charge in [-0.2, -0.15) is 0 Å². The SMILES string of the molecule is CC/C=C\C/C=C\C/C=C\C/C=C\C/C=C\CCCC(=O)NCCSSCCNC(=O)O. The average molecular weight is 481 g/mol. The first kappa shape index (κ1) is 30.1. The molecule has 32 heavy (non-hydrogen) atoms. The summed E-state index contributed by atoms with van der Waals surface area (Å²) in [5.74, 6) is 1.63. The van der Waals surface area contributed by atoms with Crippen molar-refractivity contribution < 1.29 is 14.7 Å². The number of allylic oxidation sites excluding steroid dienone is 10. The maximum absolute atomic E-state index is 11.8. The van der Waals surface area contributed by atoms with Crippen molar-refractivity contribution in [2.75, 3.05) is 24.6 Å². The molecule has 0 heterocycles. The van der Waals surface area contributed by atoms with Crippen LogP contribution in [-0.4, -0.2) is 41.7 Å². The summed E-state index contributed by atoms with van der Waals surface area (Å²) in [6.07, 6.45) is 28.2. The van der Waals surface area contributed by atoms with Gasteiger partial charge < -0.3 is 15.7 Å². The summed E-state index contributed by atoms with van der Waals surface area (Å²) in [6, 6.07) is 0. The Morgan fingerprint density at radius 2 is 1.19 bits per heavy atom. The van der Waals surface area contributed by atoms with Crippen molar-refractivity contribution >= 4 is 33.6 Å². The van der Waals surface area contributed by atoms with Crippen molar-refractivity contribution in [1.82, 2.24) is 10.6 Å². The van der Waals surface area contributed by atoms with Crippen molar-refractivity contribution in [2.45, 2.75) is 58.3 Å². The van der Waals surface area contributed by atoms with Gasteiger partial charge >= 0.3 is 6.09 Å². The molecule has 0 fully saturated rings. The van der Waals surface area contributed by atoms with Crippen LogP contribution >= 0.6 is 21.6 Å². The maximum atomic E-state index is 11.8. The number of hydrogen-bond donors (Lipinski definition) is 3. The highest BCUT2D eigenvalue weighted by Gasteiger charge is 2.00. The molecule has 3 N–H and O–H groups in total. The van der Waals surface area contributed by atoms with Crippen molar-refractivity contribution in [1.29, 1.82) is 0 Å². The van der Waals surface area contributed by atoms with E-state index in [0.717, 1.165) is 56.5 Å². The predicted molar refractivity (Wildman–Crippen MR) is 142 cm³/mol. The van der Waals surface area contributed by atoms with Crippen molar-refractivity contribution in [3.63, 3.8) is 0 Å². The molecular weight excluding hydrogens is 440 g/mol. The van der Waals surface area contributed by atoms with Gasteiger partial charge in [-0.05, 0) is 44.9 Å². The first-order valence-electron chi connectivity index (χ1n) is 11.4. The highest BCUT2D eigenvalue weighted by molar-refractivity contribution is 8.76. The van der Waals surface area contributed by atoms with Gasteiger partial charge in [-0.15, -0.1) is 0 Å². The number of hydrogen-bond acceptors (Lipinski definition) is 4. The third-order valence-electron chi connectivity index (χ3n) is 3.98. The molecule has 0 saturated carbocycles. The van der Waals surface area contributed by atoms with E-state index >= 15 is 0 Å². The Hall–Kier alpha value is -1.86. The lowest BCUT2D eigenvalue weighted by molar-refractivity contribution is -0.121. The number of amides is 2. The van der Waals surface area contributed by atoms with Crippen LogP contribution in [0.3, 0.4) is 0 Å². The van der Waals surface area contributed by atoms with E-state index in [9.17, 15) is 9.59 Å². The van der Waals surface area contributed by atoms with Gasteiger partial charge in [-0.25, -0.2) is 4.79 Å². The van der Waals surface area contributed by atoms with Crippen LogP contribution in [0.1, 0.15) is 58.3 Å². The van der Waals surface area contributed by atoms with E-state index in [2.05, 4.69) is 78.3 Å². The Kier molecular flexibility index (Phi) is 23.9. The molecule has 0 rings (SSSR count). The molecule has 180 valence electrons. The molecule has 0 unspecified atom stereocenters. The molecule has 2 amide bonds. The summed E-state index contributed by atoms with van der Waals surface area (Å²) in [5, 5.41) is 13.7. The second-order valence-corrected chi connectivity index (χ2v) is 9.53. The van der Waals surface area contributed by atoms with Gasteiger partial charge in [-0.3, -0.25) is 4.79 Å². The van der Waals surface area contributed by atoms with Crippen LogP contribution < -0.4 is 10.6 Å². The fourth-order valence-electron chi connectivity index (χ4n) is 2.39. The van der Waals surface area contributed by atoms with Crippen molar-refractivity contribution in [2.24, 2.45) is 0 Å². The van der Waals surface area contributed by atoms with Crippen LogP contribution in [0, 0.1) is 0 Å². The fraction of sp³-hybridized carbons (Fsp3) is 0.520. The first-order valence-corrected chi connectivity index (χ1v) is 13.9. The Balaban J connectivity index is 3.46. The number of carboxylic acid groups (broad SMARTS) is 1. The Morgan fingerprint density at radius 3 is 1.69 bits per heavy atom. The van der Waals surface area contributed by atoms with E-state index in [1.165, 1.54) is 0 Å². The van der Waals surface area contributed by atoms with Crippen LogP contribution in [-0.2, 0) is 4.79 Å². The van der Waals surface area contributed by atoms with Crippen LogP contribution in [0.25, 0.3) is 0 Å². The van der Waals surface area contributed by atoms with Crippen molar-refractivity contribution in [3.8, 4) is 0 Å². The van der Waals surface area contributed by atoms with E-state index in [1.807, 2.05) is 0 Å². The van der Waals surface area contributed by atoms with E-state index in [1.54, 1.807) is 21.6 Å². The van der Waals surface area contributed by atoms with E-state index < -0.39 is 6.09 Å². The number of carbonyl (C=O) groups is 2. The molecule has 0 saturated heterocycles. The zero-order valence-corrected chi connectivity index (χ0v) is 21.0. The topological polar surface area (TPSA) is 78.4 Å². The largest absolute Gasteiger partial charge is 0.465 e. The van der Waals surface area contributed by atoms with Gasteiger partial charge in [-0.1, -0.05) is 89.3 Å². The van der Waals surface area contributed by atoms with Gasteiger partial charge in [0.05, 0.1) is 0 Å². The lowest BCUT2D eigenvalue weighted by atomic mass is 10.2. The van der Waals surface area contributed by atoms with Crippen LogP contribution in [0.2, 0.25) is 0 Å². The van der Waals surface area contributed by atoms with Gasteiger partial charge in [0.15, 0.2) is 0 Å². The molecule has 0 aliphatic heterocycles. The van der Waals surface area contributed by atoms with Crippen LogP contribution in [0.5, 0.6) is 0 Å². The standard InChI is InChI=1S/C25H40N2O3S2/c1-2-3-4-5-6-7-8-9-10-11-12-13-14-15-16-17-18-19-24(28)26-20-22-31-32-23-21-27-25(29)30/h3-4,6-7,9-10,12-13,15-16,27H,2,5,8,11,14,17-23H2,1H3,(H,26,28)(H,29,30)/b4-3-,7-6-,10-9-,13-12-,16-15-. The highest BCUT2D eigenvalue weighted by atomic mass is 33.1. The molecule has 0 aromatic carbocycles. The summed E-state index contributed by atoms with van der Waals surface area (Å²) in [6.45, 7) is 3.23. The van der Waals surface area contributed by atoms with Crippen LogP contribution in [0.4, 0.5) is 4.79 Å². The second kappa shape index (κ2) is 25.4. The molecule has 0 aliphatic carbocycles. The third kappa shape index (κ3) is 26.2. The number of unbranched alkanes of at least 4 members (excludes halogenated alkanes) is 1. The Labute approximate surface area is 202 Å². The maximum Gasteiger partial charge on any atom is 0.404 e. The fourth-order valence-corrected chi connectivity index (χ4v) is 4.20. The summed E-state index contributed by atoms with van der Waals surface area (Å²) in [7, 11) is 3.24.